The lowest BCUT2D eigenvalue weighted by Gasteiger charge is -2.29. The Morgan fingerprint density at radius 3 is 2.29 bits per heavy atom. The summed E-state index contributed by atoms with van der Waals surface area (Å²) in [5.41, 5.74) is -1.53. The zero-order valence-electron chi connectivity index (χ0n) is 14.0. The maximum atomic E-state index is 12.8. The third-order valence-corrected chi connectivity index (χ3v) is 6.88. The van der Waals surface area contributed by atoms with E-state index in [4.69, 9.17) is 0 Å². The number of quaternary nitrogens is 1. The molecule has 0 aromatic carbocycles. The van der Waals surface area contributed by atoms with Crippen LogP contribution in [0, 0.1) is 0 Å². The smallest absolute Gasteiger partial charge is 0.193 e. The van der Waals surface area contributed by atoms with Crippen LogP contribution in [0.3, 0.4) is 0 Å². The number of likely N-dealkylation sites (tertiary alicyclic amines) is 1. The Balaban J connectivity index is 1.63. The van der Waals surface area contributed by atoms with Gasteiger partial charge in [-0.3, -0.25) is 4.79 Å². The van der Waals surface area contributed by atoms with Crippen LogP contribution in [0.1, 0.15) is 22.6 Å². The van der Waals surface area contributed by atoms with Crippen LogP contribution in [-0.4, -0.2) is 55.1 Å². The van der Waals surface area contributed by atoms with Crippen molar-refractivity contribution in [1.29, 1.82) is 0 Å². The first-order valence-electron chi connectivity index (χ1n) is 8.42. The lowest BCUT2D eigenvalue weighted by atomic mass is 9.94. The summed E-state index contributed by atoms with van der Waals surface area (Å²) in [5.74, 6) is -0.184. The van der Waals surface area contributed by atoms with Gasteiger partial charge in [0.1, 0.15) is 0 Å². The molecule has 1 aliphatic heterocycles. The van der Waals surface area contributed by atoms with E-state index in [1.165, 1.54) is 48.6 Å². The summed E-state index contributed by atoms with van der Waals surface area (Å²) in [7, 11) is 2.28. The van der Waals surface area contributed by atoms with Crippen LogP contribution in [0.15, 0.2) is 35.0 Å². The van der Waals surface area contributed by atoms with Crippen molar-refractivity contribution in [3.05, 3.63) is 44.8 Å². The van der Waals surface area contributed by atoms with Crippen LogP contribution in [0.4, 0.5) is 0 Å². The summed E-state index contributed by atoms with van der Waals surface area (Å²) in [5, 5.41) is 18.2. The Kier molecular flexibility index (Phi) is 5.52. The molecular formula is C18H25N2O2S2+. The number of nitrogens with one attached hydrogen (secondary N) is 1. The minimum Gasteiger partial charge on any atom is -0.372 e. The average Bonchev–Trinajstić information content (AvgIpc) is 3.32. The molecule has 2 N–H and O–H groups in total. The second-order valence-corrected chi connectivity index (χ2v) is 8.66. The number of hydrogen-bond donors (Lipinski definition) is 2. The molecule has 0 unspecified atom stereocenters. The Labute approximate surface area is 151 Å². The minimum atomic E-state index is -1.53. The van der Waals surface area contributed by atoms with E-state index in [0.717, 1.165) is 17.6 Å². The van der Waals surface area contributed by atoms with Gasteiger partial charge in [0.2, 0.25) is 0 Å². The van der Waals surface area contributed by atoms with Gasteiger partial charge in [0.05, 0.1) is 33.2 Å². The molecule has 130 valence electrons. The van der Waals surface area contributed by atoms with E-state index in [-0.39, 0.29) is 12.3 Å². The Morgan fingerprint density at radius 1 is 1.21 bits per heavy atom. The van der Waals surface area contributed by atoms with Crippen LogP contribution in [0.5, 0.6) is 0 Å². The van der Waals surface area contributed by atoms with E-state index in [9.17, 15) is 9.90 Å². The van der Waals surface area contributed by atoms with Gasteiger partial charge in [-0.1, -0.05) is 12.1 Å². The van der Waals surface area contributed by atoms with Crippen molar-refractivity contribution >= 4 is 28.5 Å². The highest BCUT2D eigenvalue weighted by Gasteiger charge is 2.41. The molecule has 2 aromatic rings. The summed E-state index contributed by atoms with van der Waals surface area (Å²) in [6.45, 7) is 4.47. The van der Waals surface area contributed by atoms with Gasteiger partial charge in [-0.25, -0.2) is 0 Å². The number of likely N-dealkylation sites (N-methyl/N-ethyl adjacent to an activating group) is 1. The van der Waals surface area contributed by atoms with Crippen LogP contribution in [0.2, 0.25) is 0 Å². The van der Waals surface area contributed by atoms with E-state index in [0.29, 0.717) is 9.75 Å². The third kappa shape index (κ3) is 3.63. The first kappa shape index (κ1) is 17.8. The first-order valence-corrected chi connectivity index (χ1v) is 10.2. The lowest BCUT2D eigenvalue weighted by molar-refractivity contribution is -0.896. The van der Waals surface area contributed by atoms with Crippen LogP contribution < -0.4 is 5.32 Å². The molecule has 6 heteroatoms. The quantitative estimate of drug-likeness (QED) is 0.558. The topological polar surface area (TPSA) is 49.3 Å². The normalized spacial score (nSPS) is 17.2. The Bertz CT molecular complexity index is 612. The van der Waals surface area contributed by atoms with Gasteiger partial charge in [0, 0.05) is 29.1 Å². The van der Waals surface area contributed by atoms with Crippen LogP contribution in [0.25, 0.3) is 0 Å². The van der Waals surface area contributed by atoms with Crippen molar-refractivity contribution in [2.24, 2.45) is 0 Å². The fourth-order valence-corrected chi connectivity index (χ4v) is 5.14. The van der Waals surface area contributed by atoms with Gasteiger partial charge in [-0.2, -0.15) is 0 Å². The molecule has 0 spiro atoms. The van der Waals surface area contributed by atoms with Crippen molar-refractivity contribution < 1.29 is 14.4 Å². The number of carbonyl (C=O) groups is 1. The molecular weight excluding hydrogens is 340 g/mol. The summed E-state index contributed by atoms with van der Waals surface area (Å²) in [6, 6.07) is 7.41. The number of aliphatic hydroxyl groups is 1. The molecule has 0 atom stereocenters. The highest BCUT2D eigenvalue weighted by molar-refractivity contribution is 7.12. The molecule has 3 rings (SSSR count). The number of carbonyl (C=O) groups excluding carboxylic acids is 1. The zero-order valence-corrected chi connectivity index (χ0v) is 15.7. The first-order chi connectivity index (χ1) is 11.5. The molecule has 1 saturated heterocycles. The van der Waals surface area contributed by atoms with Crippen molar-refractivity contribution in [3.63, 3.8) is 0 Å². The molecule has 1 aliphatic rings. The fourth-order valence-electron chi connectivity index (χ4n) is 3.37. The maximum absolute atomic E-state index is 12.8. The van der Waals surface area contributed by atoms with E-state index >= 15 is 0 Å². The van der Waals surface area contributed by atoms with Gasteiger partial charge < -0.3 is 14.9 Å². The SMILES string of the molecule is C[N+]1(CCNCC(=O)C(O)(c2cccs2)c2cccs2)CCCC1. The van der Waals surface area contributed by atoms with E-state index in [1.807, 2.05) is 35.0 Å². The number of Topliss-reactive ketones (excluding diaryl/α,β-unsaturated/α-hetero) is 1. The summed E-state index contributed by atoms with van der Waals surface area (Å²) >= 11 is 2.84. The Morgan fingerprint density at radius 2 is 1.79 bits per heavy atom. The molecule has 0 bridgehead atoms. The molecule has 1 fully saturated rings. The summed E-state index contributed by atoms with van der Waals surface area (Å²) in [6.07, 6.45) is 2.60. The van der Waals surface area contributed by atoms with Gasteiger partial charge in [-0.15, -0.1) is 22.7 Å². The molecule has 0 radical (unpaired) electrons. The lowest BCUT2D eigenvalue weighted by Crippen LogP contribution is -2.47. The number of hydrogen-bond acceptors (Lipinski definition) is 5. The summed E-state index contributed by atoms with van der Waals surface area (Å²) in [4.78, 5) is 14.2. The van der Waals surface area contributed by atoms with Crippen molar-refractivity contribution in [2.75, 3.05) is 39.8 Å². The van der Waals surface area contributed by atoms with Crippen molar-refractivity contribution in [3.8, 4) is 0 Å². The molecule has 2 aromatic heterocycles. The summed E-state index contributed by atoms with van der Waals surface area (Å²) < 4.78 is 1.08. The van der Waals surface area contributed by atoms with Gasteiger partial charge >= 0.3 is 0 Å². The standard InChI is InChI=1S/C18H25N2O2S2/c1-20(9-2-3-10-20)11-8-19-14-15(21)18(22,16-6-4-12-23-16)17-7-5-13-24-17/h4-7,12-13,19,22H,2-3,8-11,14H2,1H3/q+1. The molecule has 4 nitrogen and oxygen atoms in total. The average molecular weight is 366 g/mol. The largest absolute Gasteiger partial charge is 0.372 e. The minimum absolute atomic E-state index is 0.184. The number of thiophene rings is 2. The third-order valence-electron chi connectivity index (χ3n) is 4.92. The predicted molar refractivity (Wildman–Crippen MR) is 99.5 cm³/mol. The van der Waals surface area contributed by atoms with Gasteiger partial charge in [-0.05, 0) is 22.9 Å². The molecule has 0 aliphatic carbocycles. The number of rotatable bonds is 8. The van der Waals surface area contributed by atoms with Crippen LogP contribution in [-0.2, 0) is 10.4 Å². The van der Waals surface area contributed by atoms with E-state index < -0.39 is 5.60 Å². The van der Waals surface area contributed by atoms with Gasteiger partial charge in [0.25, 0.3) is 0 Å². The maximum Gasteiger partial charge on any atom is 0.193 e. The zero-order chi connectivity index (χ0) is 17.0. The predicted octanol–water partition coefficient (Wildman–Crippen LogP) is 2.44. The number of ketones is 1. The van der Waals surface area contributed by atoms with Gasteiger partial charge in [0.15, 0.2) is 11.4 Å². The van der Waals surface area contributed by atoms with E-state index in [1.54, 1.807) is 0 Å². The van der Waals surface area contributed by atoms with Crippen LogP contribution >= 0.6 is 22.7 Å². The molecule has 24 heavy (non-hydrogen) atoms. The highest BCUT2D eigenvalue weighted by Crippen LogP contribution is 2.36. The van der Waals surface area contributed by atoms with Crippen molar-refractivity contribution in [2.45, 2.75) is 18.4 Å². The molecule has 0 saturated carbocycles. The van der Waals surface area contributed by atoms with E-state index in [2.05, 4.69) is 12.4 Å². The second-order valence-electron chi connectivity index (χ2n) is 6.76. The fraction of sp³-hybridized carbons (Fsp3) is 0.500. The second kappa shape index (κ2) is 7.45. The monoisotopic (exact) mass is 365 g/mol. The molecule has 0 amide bonds. The highest BCUT2D eigenvalue weighted by atomic mass is 32.1. The number of nitrogens with zero attached hydrogens (tertiary/aromatic N) is 1. The van der Waals surface area contributed by atoms with Crippen molar-refractivity contribution in [1.82, 2.24) is 5.32 Å². The Hall–Kier alpha value is -1.05. The molecule has 3 heterocycles.